The van der Waals surface area contributed by atoms with Gasteiger partial charge in [-0.1, -0.05) is 37.8 Å². The third-order valence-corrected chi connectivity index (χ3v) is 7.83. The average Bonchev–Trinajstić information content (AvgIpc) is 3.48. The van der Waals surface area contributed by atoms with Crippen LogP contribution in [0.25, 0.3) is 6.08 Å². The zero-order valence-corrected chi connectivity index (χ0v) is 20.5. The Kier molecular flexibility index (Phi) is 6.93. The van der Waals surface area contributed by atoms with Crippen LogP contribution in [0, 0.1) is 0 Å². The number of allylic oxidation sites excluding steroid dienone is 3. The van der Waals surface area contributed by atoms with Gasteiger partial charge in [0.2, 0.25) is 0 Å². The Balaban J connectivity index is 1.61. The van der Waals surface area contributed by atoms with Crippen molar-refractivity contribution < 1.29 is 9.90 Å². The Morgan fingerprint density at radius 2 is 1.83 bits per heavy atom. The maximum absolute atomic E-state index is 12.8. The lowest BCUT2D eigenvalue weighted by Gasteiger charge is -2.34. The molecule has 35 heavy (non-hydrogen) atoms. The van der Waals surface area contributed by atoms with Crippen LogP contribution in [0.2, 0.25) is 0 Å². The molecule has 1 saturated carbocycles. The topological polar surface area (TPSA) is 89.1 Å². The first-order valence-electron chi connectivity index (χ1n) is 13.2. The molecule has 0 radical (unpaired) electrons. The van der Waals surface area contributed by atoms with Gasteiger partial charge in [-0.3, -0.25) is 14.3 Å². The Morgan fingerprint density at radius 1 is 1.00 bits per heavy atom. The van der Waals surface area contributed by atoms with E-state index in [9.17, 15) is 14.7 Å². The molecular formula is C28H36N4O3. The molecule has 0 unspecified atom stereocenters. The molecule has 1 aliphatic heterocycles. The van der Waals surface area contributed by atoms with Crippen molar-refractivity contribution in [3.63, 3.8) is 0 Å². The Labute approximate surface area is 206 Å². The predicted molar refractivity (Wildman–Crippen MR) is 137 cm³/mol. The van der Waals surface area contributed by atoms with Gasteiger partial charge < -0.3 is 15.0 Å². The summed E-state index contributed by atoms with van der Waals surface area (Å²) in [5, 5.41) is 17.6. The van der Waals surface area contributed by atoms with Crippen LogP contribution in [-0.4, -0.2) is 31.9 Å². The Morgan fingerprint density at radius 3 is 2.69 bits per heavy atom. The van der Waals surface area contributed by atoms with E-state index in [0.717, 1.165) is 77.0 Å². The normalized spacial score (nSPS) is 23.3. The number of aromatic hydroxyl groups is 1. The summed E-state index contributed by atoms with van der Waals surface area (Å²) in [6.45, 7) is 1.01. The molecule has 0 saturated heterocycles. The van der Waals surface area contributed by atoms with Gasteiger partial charge in [0.25, 0.3) is 11.3 Å². The van der Waals surface area contributed by atoms with Gasteiger partial charge in [-0.15, -0.1) is 0 Å². The summed E-state index contributed by atoms with van der Waals surface area (Å²) in [4.78, 5) is 25.3. The van der Waals surface area contributed by atoms with E-state index in [1.807, 2.05) is 0 Å². The van der Waals surface area contributed by atoms with Crippen molar-refractivity contribution in [2.75, 3.05) is 6.54 Å². The minimum absolute atomic E-state index is 0.198. The van der Waals surface area contributed by atoms with Gasteiger partial charge in [0, 0.05) is 18.4 Å². The van der Waals surface area contributed by atoms with Gasteiger partial charge in [-0.25, -0.2) is 0 Å². The molecule has 3 heterocycles. The molecule has 2 N–H and O–H groups in total. The van der Waals surface area contributed by atoms with Gasteiger partial charge in [-0.2, -0.15) is 5.10 Å². The molecule has 2 aromatic rings. The molecule has 7 heteroatoms. The number of hydrogen-bond donors (Lipinski definition) is 2. The van der Waals surface area contributed by atoms with Gasteiger partial charge in [-0.05, 0) is 74.6 Å². The number of carbonyl (C=O) groups is 1. The third-order valence-electron chi connectivity index (χ3n) is 7.83. The van der Waals surface area contributed by atoms with Gasteiger partial charge >= 0.3 is 0 Å². The first-order valence-corrected chi connectivity index (χ1v) is 13.2. The minimum atomic E-state index is -0.707. The van der Waals surface area contributed by atoms with E-state index in [2.05, 4.69) is 45.5 Å². The molecule has 0 atom stereocenters. The fourth-order valence-electron chi connectivity index (χ4n) is 6.00. The van der Waals surface area contributed by atoms with E-state index >= 15 is 0 Å². The highest BCUT2D eigenvalue weighted by molar-refractivity contribution is 5.92. The third kappa shape index (κ3) is 5.00. The van der Waals surface area contributed by atoms with E-state index in [4.69, 9.17) is 0 Å². The maximum atomic E-state index is 12.8. The number of nitrogens with one attached hydrogen (secondary N) is 1. The smallest absolute Gasteiger partial charge is 0.275 e. The summed E-state index contributed by atoms with van der Waals surface area (Å²) >= 11 is 0. The van der Waals surface area contributed by atoms with Gasteiger partial charge in [0.1, 0.15) is 0 Å². The van der Waals surface area contributed by atoms with E-state index in [-0.39, 0.29) is 11.2 Å². The second-order valence-electron chi connectivity index (χ2n) is 10.3. The number of hydrogen-bond acceptors (Lipinski definition) is 4. The predicted octanol–water partition coefficient (Wildman–Crippen LogP) is 4.69. The second kappa shape index (κ2) is 10.3. The highest BCUT2D eigenvalue weighted by Gasteiger charge is 2.38. The molecular weight excluding hydrogens is 440 g/mol. The van der Waals surface area contributed by atoms with Crippen LogP contribution in [0.1, 0.15) is 92.4 Å². The molecule has 5 rings (SSSR count). The molecule has 186 valence electrons. The lowest BCUT2D eigenvalue weighted by Crippen LogP contribution is -2.38. The fraction of sp³-hybridized carbons (Fsp3) is 0.536. The highest BCUT2D eigenvalue weighted by Crippen LogP contribution is 2.41. The molecule has 0 aromatic carbocycles. The quantitative estimate of drug-likeness (QED) is 0.577. The summed E-state index contributed by atoms with van der Waals surface area (Å²) in [7, 11) is 0. The SMILES string of the molecule is O=C1NCCCCCCC2=C\c3ccn(c3CCC/C=C\2)C2(CCCC2)Cn2cc(O)c(=O)c1n2. The monoisotopic (exact) mass is 476 g/mol. The van der Waals surface area contributed by atoms with Crippen molar-refractivity contribution >= 4 is 12.0 Å². The van der Waals surface area contributed by atoms with Gasteiger partial charge in [0.15, 0.2) is 11.4 Å². The molecule has 3 aliphatic rings. The number of nitrogens with zero attached hydrogens (tertiary/aromatic N) is 3. The lowest BCUT2D eigenvalue weighted by atomic mass is 9.95. The number of carbonyl (C=O) groups excluding carboxylic acids is 1. The van der Waals surface area contributed by atoms with Crippen LogP contribution in [-0.2, 0) is 18.5 Å². The standard InChI is InChI=1S/C28H36N4O3/c33-24-19-31-20-28(14-7-8-15-28)32-17-13-22-18-21(11-5-3-6-12-23(22)32)10-4-1-2-9-16-29-27(35)25(30-31)26(24)34/h5,11,13,17-19,33H,1-4,6-10,12,14-16,20H2,(H,29,35)/b11-5-,21-18+. The summed E-state index contributed by atoms with van der Waals surface area (Å²) in [6, 6.07) is 2.25. The summed E-state index contributed by atoms with van der Waals surface area (Å²) < 4.78 is 4.07. The second-order valence-corrected chi connectivity index (χ2v) is 10.3. The van der Waals surface area contributed by atoms with Crippen LogP contribution in [0.15, 0.2) is 41.0 Å². The first-order chi connectivity index (χ1) is 17.1. The zero-order valence-electron chi connectivity index (χ0n) is 20.5. The van der Waals surface area contributed by atoms with E-state index < -0.39 is 17.1 Å². The summed E-state index contributed by atoms with van der Waals surface area (Å²) in [5.41, 5.74) is 2.92. The highest BCUT2D eigenvalue weighted by atomic mass is 16.3. The van der Waals surface area contributed by atoms with Crippen molar-refractivity contribution in [2.45, 2.75) is 89.1 Å². The van der Waals surface area contributed by atoms with E-state index in [1.54, 1.807) is 4.68 Å². The Bertz CT molecular complexity index is 1200. The van der Waals surface area contributed by atoms with Crippen LogP contribution < -0.4 is 10.7 Å². The number of rotatable bonds is 0. The molecule has 7 nitrogen and oxygen atoms in total. The van der Waals surface area contributed by atoms with Crippen molar-refractivity contribution in [3.8, 4) is 5.75 Å². The summed E-state index contributed by atoms with van der Waals surface area (Å²) in [5.74, 6) is -0.933. The molecule has 2 aliphatic carbocycles. The minimum Gasteiger partial charge on any atom is -0.503 e. The van der Waals surface area contributed by atoms with Crippen molar-refractivity contribution in [1.82, 2.24) is 19.7 Å². The zero-order chi connectivity index (χ0) is 24.3. The summed E-state index contributed by atoms with van der Waals surface area (Å²) in [6.07, 6.45) is 23.2. The van der Waals surface area contributed by atoms with Gasteiger partial charge in [0.05, 0.1) is 18.3 Å². The van der Waals surface area contributed by atoms with E-state index in [0.29, 0.717) is 13.1 Å². The van der Waals surface area contributed by atoms with E-state index in [1.165, 1.54) is 23.0 Å². The Hall–Kier alpha value is -3.09. The van der Waals surface area contributed by atoms with Crippen molar-refractivity contribution in [2.24, 2.45) is 0 Å². The molecule has 1 fully saturated rings. The van der Waals surface area contributed by atoms with Crippen LogP contribution in [0.3, 0.4) is 0 Å². The van der Waals surface area contributed by atoms with Crippen molar-refractivity contribution in [1.29, 1.82) is 0 Å². The van der Waals surface area contributed by atoms with Crippen LogP contribution in [0.5, 0.6) is 5.75 Å². The molecule has 6 bridgehead atoms. The first kappa shape index (κ1) is 23.6. The van der Waals surface area contributed by atoms with Crippen LogP contribution in [0.4, 0.5) is 0 Å². The molecule has 1 amide bonds. The lowest BCUT2D eigenvalue weighted by molar-refractivity contribution is 0.0942. The molecule has 2 aromatic heterocycles. The average molecular weight is 477 g/mol. The number of fused-ring (bicyclic) bond motifs is 3. The molecule has 1 spiro atoms. The van der Waals surface area contributed by atoms with Crippen LogP contribution >= 0.6 is 0 Å². The fourth-order valence-corrected chi connectivity index (χ4v) is 6.00. The van der Waals surface area contributed by atoms with Crippen molar-refractivity contribution in [3.05, 3.63) is 63.4 Å². The number of aromatic nitrogens is 3. The maximum Gasteiger partial charge on any atom is 0.275 e. The number of amides is 1. The largest absolute Gasteiger partial charge is 0.503 e.